The molecule has 1 aromatic heterocycles. The summed E-state index contributed by atoms with van der Waals surface area (Å²) in [6.45, 7) is 5.05. The third-order valence-corrected chi connectivity index (χ3v) is 5.07. The molecule has 0 spiro atoms. The minimum Gasteiger partial charge on any atom is -0.343 e. The molecule has 2 fully saturated rings. The fourth-order valence-corrected chi connectivity index (χ4v) is 3.63. The highest BCUT2D eigenvalue weighted by Crippen LogP contribution is 2.22. The number of nitrogens with zero attached hydrogens (tertiary/aromatic N) is 4. The summed E-state index contributed by atoms with van der Waals surface area (Å²) in [6.07, 6.45) is 6.08. The molecule has 0 aliphatic carbocycles. The monoisotopic (exact) mass is 333 g/mol. The Morgan fingerprint density at radius 2 is 1.79 bits per heavy atom. The number of rotatable bonds is 4. The van der Waals surface area contributed by atoms with Gasteiger partial charge in [-0.25, -0.2) is 4.98 Å². The van der Waals surface area contributed by atoms with Crippen molar-refractivity contribution >= 4 is 11.8 Å². The first-order valence-electron chi connectivity index (χ1n) is 9.08. The van der Waals surface area contributed by atoms with Gasteiger partial charge in [-0.15, -0.1) is 0 Å². The van der Waals surface area contributed by atoms with E-state index in [0.29, 0.717) is 37.7 Å². The van der Waals surface area contributed by atoms with Crippen LogP contribution in [0.1, 0.15) is 50.2 Å². The molecule has 0 aromatic carbocycles. The van der Waals surface area contributed by atoms with E-state index in [1.54, 1.807) is 0 Å². The molecule has 0 radical (unpaired) electrons. The molecule has 0 saturated carbocycles. The highest BCUT2D eigenvalue weighted by atomic mass is 16.2. The quantitative estimate of drug-likeness (QED) is 0.900. The predicted octanol–water partition coefficient (Wildman–Crippen LogP) is 1.30. The first kappa shape index (κ1) is 16.9. The lowest BCUT2D eigenvalue weighted by Crippen LogP contribution is -2.45. The second-order valence-electron chi connectivity index (χ2n) is 6.88. The summed E-state index contributed by atoms with van der Waals surface area (Å²) >= 11 is 0. The number of aromatic amines is 1. The van der Waals surface area contributed by atoms with Crippen LogP contribution in [0.25, 0.3) is 0 Å². The van der Waals surface area contributed by atoms with Crippen molar-refractivity contribution < 1.29 is 9.59 Å². The van der Waals surface area contributed by atoms with Crippen LogP contribution < -0.4 is 0 Å². The average Bonchev–Trinajstić information content (AvgIpc) is 3.05. The summed E-state index contributed by atoms with van der Waals surface area (Å²) in [5.41, 5.74) is 0. The van der Waals surface area contributed by atoms with Crippen LogP contribution in [0.15, 0.2) is 0 Å². The second kappa shape index (κ2) is 7.77. The molecule has 2 amide bonds. The zero-order valence-electron chi connectivity index (χ0n) is 14.5. The molecule has 7 nitrogen and oxygen atoms in total. The normalized spacial score (nSPS) is 19.5. The summed E-state index contributed by atoms with van der Waals surface area (Å²) in [7, 11) is 0. The summed E-state index contributed by atoms with van der Waals surface area (Å²) in [6, 6.07) is 0. The topological polar surface area (TPSA) is 82.2 Å². The van der Waals surface area contributed by atoms with E-state index in [1.165, 1.54) is 6.42 Å². The van der Waals surface area contributed by atoms with E-state index >= 15 is 0 Å². The number of aromatic nitrogens is 3. The second-order valence-corrected chi connectivity index (χ2v) is 6.88. The Morgan fingerprint density at radius 3 is 2.42 bits per heavy atom. The molecule has 2 aliphatic rings. The Kier molecular flexibility index (Phi) is 5.48. The van der Waals surface area contributed by atoms with Crippen molar-refractivity contribution in [3.63, 3.8) is 0 Å². The Morgan fingerprint density at radius 1 is 1.08 bits per heavy atom. The van der Waals surface area contributed by atoms with Crippen LogP contribution in [0.4, 0.5) is 0 Å². The number of piperidine rings is 2. The van der Waals surface area contributed by atoms with E-state index in [1.807, 2.05) is 16.7 Å². The van der Waals surface area contributed by atoms with Crippen LogP contribution in [-0.2, 0) is 16.0 Å². The number of aryl methyl sites for hydroxylation is 2. The van der Waals surface area contributed by atoms with Crippen LogP contribution in [0.3, 0.4) is 0 Å². The maximum atomic E-state index is 12.5. The fourth-order valence-electron chi connectivity index (χ4n) is 3.63. The van der Waals surface area contributed by atoms with Gasteiger partial charge in [0.25, 0.3) is 0 Å². The number of likely N-dealkylation sites (tertiary alicyclic amines) is 2. The van der Waals surface area contributed by atoms with Gasteiger partial charge in [0, 0.05) is 44.9 Å². The van der Waals surface area contributed by atoms with Crippen molar-refractivity contribution in [3.05, 3.63) is 11.6 Å². The summed E-state index contributed by atoms with van der Waals surface area (Å²) < 4.78 is 0. The smallest absolute Gasteiger partial charge is 0.225 e. The third-order valence-electron chi connectivity index (χ3n) is 5.07. The molecule has 24 heavy (non-hydrogen) atoms. The Balaban J connectivity index is 1.42. The zero-order chi connectivity index (χ0) is 16.9. The maximum absolute atomic E-state index is 12.5. The predicted molar refractivity (Wildman–Crippen MR) is 89.2 cm³/mol. The van der Waals surface area contributed by atoms with Crippen LogP contribution in [0.2, 0.25) is 0 Å². The molecule has 132 valence electrons. The number of nitrogens with one attached hydrogen (secondary N) is 1. The number of amides is 2. The largest absolute Gasteiger partial charge is 0.343 e. The number of H-pyrrole nitrogens is 1. The number of carbonyl (C=O) groups excluding carboxylic acids is 2. The molecule has 1 N–H and O–H groups in total. The number of carbonyl (C=O) groups is 2. The van der Waals surface area contributed by atoms with Crippen molar-refractivity contribution in [1.82, 2.24) is 25.0 Å². The van der Waals surface area contributed by atoms with E-state index in [4.69, 9.17) is 0 Å². The van der Waals surface area contributed by atoms with Crippen molar-refractivity contribution in [2.75, 3.05) is 26.2 Å². The standard InChI is InChI=1S/C17H27N5O2/c1-13-18-15(20-19-13)5-6-16(23)21-11-7-14(8-12-21)17(24)22-9-3-2-4-10-22/h14H,2-12H2,1H3,(H,18,19,20). The van der Waals surface area contributed by atoms with Gasteiger partial charge in [-0.05, 0) is 39.0 Å². The first-order chi connectivity index (χ1) is 11.6. The molecule has 2 saturated heterocycles. The lowest BCUT2D eigenvalue weighted by atomic mass is 9.94. The average molecular weight is 333 g/mol. The third kappa shape index (κ3) is 4.13. The van der Waals surface area contributed by atoms with Gasteiger partial charge in [-0.1, -0.05) is 0 Å². The molecule has 7 heteroatoms. The van der Waals surface area contributed by atoms with Gasteiger partial charge in [-0.3, -0.25) is 14.7 Å². The fraction of sp³-hybridized carbons (Fsp3) is 0.765. The van der Waals surface area contributed by atoms with Gasteiger partial charge < -0.3 is 9.80 Å². The van der Waals surface area contributed by atoms with E-state index in [-0.39, 0.29) is 11.8 Å². The molecule has 0 atom stereocenters. The zero-order valence-corrected chi connectivity index (χ0v) is 14.5. The molecular weight excluding hydrogens is 306 g/mol. The van der Waals surface area contributed by atoms with Gasteiger partial charge in [-0.2, -0.15) is 5.10 Å². The Hall–Kier alpha value is -1.92. The summed E-state index contributed by atoms with van der Waals surface area (Å²) in [4.78, 5) is 33.0. The molecule has 1 aromatic rings. The molecule has 0 bridgehead atoms. The van der Waals surface area contributed by atoms with Gasteiger partial charge in [0.2, 0.25) is 11.8 Å². The molecule has 0 unspecified atom stereocenters. The van der Waals surface area contributed by atoms with Crippen LogP contribution >= 0.6 is 0 Å². The van der Waals surface area contributed by atoms with E-state index in [0.717, 1.165) is 44.6 Å². The Bertz CT molecular complexity index is 571. The lowest BCUT2D eigenvalue weighted by molar-refractivity contribution is -0.141. The van der Waals surface area contributed by atoms with Crippen molar-refractivity contribution in [3.8, 4) is 0 Å². The van der Waals surface area contributed by atoms with Crippen LogP contribution in [0.5, 0.6) is 0 Å². The number of hydrogen-bond acceptors (Lipinski definition) is 4. The van der Waals surface area contributed by atoms with Crippen LogP contribution in [-0.4, -0.2) is 63.0 Å². The van der Waals surface area contributed by atoms with Gasteiger partial charge in [0.05, 0.1) is 0 Å². The highest BCUT2D eigenvalue weighted by Gasteiger charge is 2.30. The van der Waals surface area contributed by atoms with Crippen molar-refractivity contribution in [1.29, 1.82) is 0 Å². The molecule has 2 aliphatic heterocycles. The van der Waals surface area contributed by atoms with E-state index in [2.05, 4.69) is 15.2 Å². The van der Waals surface area contributed by atoms with Crippen molar-refractivity contribution in [2.24, 2.45) is 5.92 Å². The van der Waals surface area contributed by atoms with Crippen LogP contribution in [0, 0.1) is 12.8 Å². The van der Waals surface area contributed by atoms with Crippen molar-refractivity contribution in [2.45, 2.75) is 51.9 Å². The first-order valence-corrected chi connectivity index (χ1v) is 9.08. The van der Waals surface area contributed by atoms with Gasteiger partial charge >= 0.3 is 0 Å². The molecule has 3 rings (SSSR count). The summed E-state index contributed by atoms with van der Waals surface area (Å²) in [5, 5.41) is 6.86. The van der Waals surface area contributed by atoms with E-state index in [9.17, 15) is 9.59 Å². The highest BCUT2D eigenvalue weighted by molar-refractivity contribution is 5.80. The number of hydrogen-bond donors (Lipinski definition) is 1. The minimum atomic E-state index is 0.0998. The SMILES string of the molecule is Cc1nc(CCC(=O)N2CCC(C(=O)N3CCCCC3)CC2)n[nH]1. The minimum absolute atomic E-state index is 0.0998. The Labute approximate surface area is 142 Å². The lowest BCUT2D eigenvalue weighted by Gasteiger charge is -2.35. The van der Waals surface area contributed by atoms with Gasteiger partial charge in [0.15, 0.2) is 5.82 Å². The van der Waals surface area contributed by atoms with Gasteiger partial charge in [0.1, 0.15) is 5.82 Å². The summed E-state index contributed by atoms with van der Waals surface area (Å²) in [5.74, 6) is 2.01. The molecule has 3 heterocycles. The molecular formula is C17H27N5O2. The van der Waals surface area contributed by atoms with E-state index < -0.39 is 0 Å². The maximum Gasteiger partial charge on any atom is 0.225 e.